The number of rotatable bonds is 2. The van der Waals surface area contributed by atoms with Crippen molar-refractivity contribution in [3.63, 3.8) is 0 Å². The van der Waals surface area contributed by atoms with E-state index in [0.29, 0.717) is 0 Å². The van der Waals surface area contributed by atoms with Gasteiger partial charge >= 0.3 is 0 Å². The molecule has 2 aromatic carbocycles. The summed E-state index contributed by atoms with van der Waals surface area (Å²) in [4.78, 5) is 1.75. The molecule has 0 amide bonds. The molecule has 0 aliphatic carbocycles. The zero-order chi connectivity index (χ0) is 11.7. The number of benzene rings is 2. The minimum Gasteiger partial charge on any atom is -0.179 e. The maximum atomic E-state index is 4.44. The number of hydrogen-bond donors (Lipinski definition) is 0. The van der Waals surface area contributed by atoms with Crippen LogP contribution in [0.4, 0.5) is 0 Å². The Morgan fingerprint density at radius 1 is 0.941 bits per heavy atom. The smallest absolute Gasteiger partial charge is 0.113 e. The van der Waals surface area contributed by atoms with E-state index in [1.807, 2.05) is 24.3 Å². The molecule has 0 aliphatic rings. The van der Waals surface area contributed by atoms with E-state index in [1.54, 1.807) is 4.80 Å². The molecule has 0 saturated heterocycles. The van der Waals surface area contributed by atoms with Gasteiger partial charge in [0.15, 0.2) is 0 Å². The van der Waals surface area contributed by atoms with E-state index in [-0.39, 0.29) is 0 Å². The van der Waals surface area contributed by atoms with E-state index in [4.69, 9.17) is 0 Å². The van der Waals surface area contributed by atoms with Crippen molar-refractivity contribution >= 4 is 11.0 Å². The molecule has 0 aliphatic heterocycles. The van der Waals surface area contributed by atoms with E-state index < -0.39 is 0 Å². The molecule has 1 heterocycles. The Kier molecular flexibility index (Phi) is 2.37. The van der Waals surface area contributed by atoms with Crippen LogP contribution >= 0.6 is 0 Å². The van der Waals surface area contributed by atoms with Crippen LogP contribution in [0.25, 0.3) is 11.0 Å². The summed E-state index contributed by atoms with van der Waals surface area (Å²) in [5.41, 5.74) is 4.38. The van der Waals surface area contributed by atoms with Gasteiger partial charge in [-0.25, -0.2) is 0 Å². The molecular formula is C14H13N3. The molecule has 3 nitrogen and oxygen atoms in total. The highest BCUT2D eigenvalue weighted by Crippen LogP contribution is 2.09. The summed E-state index contributed by atoms with van der Waals surface area (Å²) in [7, 11) is 0. The largest absolute Gasteiger partial charge is 0.179 e. The van der Waals surface area contributed by atoms with Crippen LogP contribution in [-0.4, -0.2) is 15.0 Å². The van der Waals surface area contributed by atoms with Crippen molar-refractivity contribution in [1.29, 1.82) is 0 Å². The summed E-state index contributed by atoms with van der Waals surface area (Å²) < 4.78 is 0. The first-order valence-electron chi connectivity index (χ1n) is 5.67. The van der Waals surface area contributed by atoms with Gasteiger partial charge in [0.2, 0.25) is 0 Å². The second-order valence-corrected chi connectivity index (χ2v) is 4.21. The number of fused-ring (bicyclic) bond motifs is 1. The van der Waals surface area contributed by atoms with Crippen LogP contribution in [-0.2, 0) is 6.54 Å². The third-order valence-electron chi connectivity index (χ3n) is 2.73. The molecule has 1 aromatic heterocycles. The molecule has 0 spiro atoms. The number of nitrogens with zero attached hydrogens (tertiary/aromatic N) is 3. The van der Waals surface area contributed by atoms with Gasteiger partial charge in [-0.2, -0.15) is 15.0 Å². The molecule has 0 fully saturated rings. The predicted molar refractivity (Wildman–Crippen MR) is 67.8 cm³/mol. The summed E-state index contributed by atoms with van der Waals surface area (Å²) in [6, 6.07) is 16.3. The molecule has 0 saturated carbocycles. The lowest BCUT2D eigenvalue weighted by Gasteiger charge is -2.01. The van der Waals surface area contributed by atoms with E-state index >= 15 is 0 Å². The van der Waals surface area contributed by atoms with Gasteiger partial charge in [-0.3, -0.25) is 0 Å². The quantitative estimate of drug-likeness (QED) is 0.668. The van der Waals surface area contributed by atoms with Crippen molar-refractivity contribution in [2.45, 2.75) is 13.5 Å². The fraction of sp³-hybridized carbons (Fsp3) is 0.143. The van der Waals surface area contributed by atoms with Crippen LogP contribution in [0.1, 0.15) is 11.1 Å². The second-order valence-electron chi connectivity index (χ2n) is 4.21. The molecule has 0 atom stereocenters. The number of aromatic nitrogens is 3. The Balaban J connectivity index is 1.94. The number of hydrogen-bond acceptors (Lipinski definition) is 2. The summed E-state index contributed by atoms with van der Waals surface area (Å²) in [6.45, 7) is 2.81. The van der Waals surface area contributed by atoms with Gasteiger partial charge in [-0.05, 0) is 24.6 Å². The fourth-order valence-electron chi connectivity index (χ4n) is 1.95. The van der Waals surface area contributed by atoms with Gasteiger partial charge < -0.3 is 0 Å². The van der Waals surface area contributed by atoms with Crippen molar-refractivity contribution in [1.82, 2.24) is 15.0 Å². The molecule has 0 N–H and O–H groups in total. The minimum absolute atomic E-state index is 0.719. The van der Waals surface area contributed by atoms with E-state index in [0.717, 1.165) is 17.6 Å². The van der Waals surface area contributed by atoms with Crippen molar-refractivity contribution in [3.8, 4) is 0 Å². The normalized spacial score (nSPS) is 10.9. The van der Waals surface area contributed by atoms with Gasteiger partial charge in [0.1, 0.15) is 11.0 Å². The Labute approximate surface area is 99.7 Å². The maximum absolute atomic E-state index is 4.44. The molecule has 0 unspecified atom stereocenters. The van der Waals surface area contributed by atoms with Crippen molar-refractivity contribution in [2.75, 3.05) is 0 Å². The van der Waals surface area contributed by atoms with Crippen LogP contribution in [0.2, 0.25) is 0 Å². The lowest BCUT2D eigenvalue weighted by molar-refractivity contribution is 0.600. The zero-order valence-electron chi connectivity index (χ0n) is 9.67. The summed E-state index contributed by atoms with van der Waals surface area (Å²) in [5, 5.41) is 8.89. The van der Waals surface area contributed by atoms with E-state index in [2.05, 4.69) is 41.4 Å². The van der Waals surface area contributed by atoms with Crippen LogP contribution < -0.4 is 0 Å². The molecule has 84 valence electrons. The zero-order valence-corrected chi connectivity index (χ0v) is 9.67. The summed E-state index contributed by atoms with van der Waals surface area (Å²) >= 11 is 0. The Morgan fingerprint density at radius 2 is 1.65 bits per heavy atom. The van der Waals surface area contributed by atoms with Gasteiger partial charge in [-0.1, -0.05) is 42.0 Å². The molecule has 0 radical (unpaired) electrons. The molecular weight excluding hydrogens is 210 g/mol. The summed E-state index contributed by atoms with van der Waals surface area (Å²) in [5.74, 6) is 0. The lowest BCUT2D eigenvalue weighted by Crippen LogP contribution is -2.03. The van der Waals surface area contributed by atoms with Crippen molar-refractivity contribution < 1.29 is 0 Å². The van der Waals surface area contributed by atoms with Gasteiger partial charge in [-0.15, -0.1) is 0 Å². The first-order chi connectivity index (χ1) is 8.31. The monoisotopic (exact) mass is 223 g/mol. The molecule has 17 heavy (non-hydrogen) atoms. The van der Waals surface area contributed by atoms with E-state index in [9.17, 15) is 0 Å². The van der Waals surface area contributed by atoms with Crippen molar-refractivity contribution in [2.24, 2.45) is 0 Å². The average Bonchev–Trinajstić information content (AvgIpc) is 2.71. The van der Waals surface area contributed by atoms with Crippen LogP contribution in [0.3, 0.4) is 0 Å². The predicted octanol–water partition coefficient (Wildman–Crippen LogP) is 2.79. The Bertz CT molecular complexity index is 622. The summed E-state index contributed by atoms with van der Waals surface area (Å²) in [6.07, 6.45) is 0. The van der Waals surface area contributed by atoms with Gasteiger partial charge in [0, 0.05) is 0 Å². The third-order valence-corrected chi connectivity index (χ3v) is 2.73. The topological polar surface area (TPSA) is 30.7 Å². The lowest BCUT2D eigenvalue weighted by atomic mass is 10.1. The molecule has 3 aromatic rings. The minimum atomic E-state index is 0.719. The van der Waals surface area contributed by atoms with Gasteiger partial charge in [0.25, 0.3) is 0 Å². The van der Waals surface area contributed by atoms with Crippen LogP contribution in [0, 0.1) is 6.92 Å². The Hall–Kier alpha value is -2.16. The molecule has 3 heteroatoms. The average molecular weight is 223 g/mol. The standard InChI is InChI=1S/C14H13N3/c1-11-5-4-6-12(9-11)10-17-15-13-7-2-3-8-14(13)16-17/h2-9H,10H2,1H3. The maximum Gasteiger partial charge on any atom is 0.113 e. The van der Waals surface area contributed by atoms with Gasteiger partial charge in [0.05, 0.1) is 6.54 Å². The SMILES string of the molecule is Cc1cccc(Cn2nc3ccccc3n2)c1. The van der Waals surface area contributed by atoms with E-state index in [1.165, 1.54) is 11.1 Å². The first-order valence-corrected chi connectivity index (χ1v) is 5.67. The molecule has 0 bridgehead atoms. The number of aryl methyl sites for hydroxylation is 1. The molecule has 3 rings (SSSR count). The highest BCUT2D eigenvalue weighted by atomic mass is 15.5. The van der Waals surface area contributed by atoms with Crippen molar-refractivity contribution in [3.05, 3.63) is 59.7 Å². The Morgan fingerprint density at radius 3 is 2.29 bits per heavy atom. The first kappa shape index (κ1) is 10.0. The third kappa shape index (κ3) is 2.04. The van der Waals surface area contributed by atoms with Crippen LogP contribution in [0.15, 0.2) is 48.5 Å². The highest BCUT2D eigenvalue weighted by Gasteiger charge is 2.02. The highest BCUT2D eigenvalue weighted by molar-refractivity contribution is 5.72. The van der Waals surface area contributed by atoms with Crippen LogP contribution in [0.5, 0.6) is 0 Å². The second kappa shape index (κ2) is 4.01. The fourth-order valence-corrected chi connectivity index (χ4v) is 1.95.